The highest BCUT2D eigenvalue weighted by atomic mass is 16.5. The molecule has 0 fully saturated rings. The van der Waals surface area contributed by atoms with E-state index < -0.39 is 0 Å². The van der Waals surface area contributed by atoms with Gasteiger partial charge >= 0.3 is 0 Å². The van der Waals surface area contributed by atoms with Crippen LogP contribution in [0.4, 0.5) is 0 Å². The second kappa shape index (κ2) is 6.96. The van der Waals surface area contributed by atoms with Gasteiger partial charge in [-0.2, -0.15) is 0 Å². The van der Waals surface area contributed by atoms with E-state index >= 15 is 0 Å². The van der Waals surface area contributed by atoms with Gasteiger partial charge in [-0.15, -0.1) is 0 Å². The van der Waals surface area contributed by atoms with Crippen molar-refractivity contribution in [3.05, 3.63) is 48.0 Å². The Kier molecular flexibility index (Phi) is 5.41. The predicted octanol–water partition coefficient (Wildman–Crippen LogP) is 2.74. The molecule has 0 amide bonds. The van der Waals surface area contributed by atoms with Crippen molar-refractivity contribution in [1.82, 2.24) is 0 Å². The van der Waals surface area contributed by atoms with Gasteiger partial charge in [-0.3, -0.25) is 4.79 Å². The van der Waals surface area contributed by atoms with Crippen molar-refractivity contribution in [2.24, 2.45) is 0 Å². The molecule has 0 atom stereocenters. The second-order valence-corrected chi connectivity index (χ2v) is 3.38. The number of rotatable bonds is 6. The van der Waals surface area contributed by atoms with E-state index in [9.17, 15) is 4.79 Å². The number of benzene rings is 1. The number of carbonyl (C=O) groups excluding carboxylic acids is 1. The third-order valence-electron chi connectivity index (χ3n) is 1.90. The van der Waals surface area contributed by atoms with Gasteiger partial charge in [0.2, 0.25) is 0 Å². The molecule has 0 aromatic heterocycles. The molecule has 80 valence electrons. The molecule has 0 unspecified atom stereocenters. The Bertz CT molecular complexity index is 315. The molecule has 0 N–H and O–H groups in total. The van der Waals surface area contributed by atoms with Crippen LogP contribution in [0, 0.1) is 0 Å². The number of allylic oxidation sites excluding steroid dienone is 1. The summed E-state index contributed by atoms with van der Waals surface area (Å²) in [7, 11) is 0. The molecule has 0 spiro atoms. The smallest absolute Gasteiger partial charge is 0.133 e. The van der Waals surface area contributed by atoms with E-state index in [0.29, 0.717) is 19.6 Å². The van der Waals surface area contributed by atoms with Crippen molar-refractivity contribution in [2.45, 2.75) is 20.0 Å². The lowest BCUT2D eigenvalue weighted by Gasteiger charge is -2.00. The monoisotopic (exact) mass is 204 g/mol. The molecule has 0 saturated heterocycles. The molecule has 0 radical (unpaired) electrons. The SMILES string of the molecule is CC(=O)CC=CCOCc1ccccc1. The van der Waals surface area contributed by atoms with Gasteiger partial charge < -0.3 is 4.74 Å². The van der Waals surface area contributed by atoms with E-state index in [4.69, 9.17) is 4.74 Å². The number of ketones is 1. The Morgan fingerprint density at radius 3 is 2.67 bits per heavy atom. The lowest BCUT2D eigenvalue weighted by Crippen LogP contribution is -1.92. The molecule has 0 bridgehead atoms. The van der Waals surface area contributed by atoms with Gasteiger partial charge in [0, 0.05) is 6.42 Å². The van der Waals surface area contributed by atoms with Crippen molar-refractivity contribution < 1.29 is 9.53 Å². The summed E-state index contributed by atoms with van der Waals surface area (Å²) in [5.74, 6) is 0.175. The molecule has 2 nitrogen and oxygen atoms in total. The summed E-state index contributed by atoms with van der Waals surface area (Å²) in [5.41, 5.74) is 1.16. The first-order chi connectivity index (χ1) is 7.29. The van der Waals surface area contributed by atoms with Gasteiger partial charge in [-0.1, -0.05) is 42.5 Å². The molecule has 15 heavy (non-hydrogen) atoms. The Labute approximate surface area is 90.6 Å². The van der Waals surface area contributed by atoms with Gasteiger partial charge in [0.1, 0.15) is 5.78 Å². The van der Waals surface area contributed by atoms with E-state index in [0.717, 1.165) is 5.56 Å². The summed E-state index contributed by atoms with van der Waals surface area (Å²) < 4.78 is 5.40. The minimum Gasteiger partial charge on any atom is -0.373 e. The van der Waals surface area contributed by atoms with Crippen LogP contribution in [-0.4, -0.2) is 12.4 Å². The molecule has 0 aliphatic rings. The fraction of sp³-hybridized carbons (Fsp3) is 0.308. The van der Waals surface area contributed by atoms with E-state index in [1.807, 2.05) is 42.5 Å². The quantitative estimate of drug-likeness (QED) is 0.526. The number of hydrogen-bond donors (Lipinski definition) is 0. The fourth-order valence-electron chi connectivity index (χ4n) is 1.14. The zero-order valence-electron chi connectivity index (χ0n) is 8.98. The van der Waals surface area contributed by atoms with Crippen LogP contribution in [0.1, 0.15) is 18.9 Å². The second-order valence-electron chi connectivity index (χ2n) is 3.38. The van der Waals surface area contributed by atoms with Crippen LogP contribution in [0.3, 0.4) is 0 Å². The van der Waals surface area contributed by atoms with Gasteiger partial charge in [-0.25, -0.2) is 0 Å². The van der Waals surface area contributed by atoms with Crippen LogP contribution in [0.2, 0.25) is 0 Å². The summed E-state index contributed by atoms with van der Waals surface area (Å²) >= 11 is 0. The Morgan fingerprint density at radius 1 is 1.27 bits per heavy atom. The summed E-state index contributed by atoms with van der Waals surface area (Å²) in [4.78, 5) is 10.6. The minimum atomic E-state index is 0.175. The van der Waals surface area contributed by atoms with Gasteiger partial charge in [0.25, 0.3) is 0 Å². The van der Waals surface area contributed by atoms with Gasteiger partial charge in [-0.05, 0) is 12.5 Å². The predicted molar refractivity (Wildman–Crippen MR) is 60.5 cm³/mol. The molecule has 0 heterocycles. The summed E-state index contributed by atoms with van der Waals surface area (Å²) in [6, 6.07) is 10.0. The van der Waals surface area contributed by atoms with Crippen LogP contribution in [0.15, 0.2) is 42.5 Å². The zero-order chi connectivity index (χ0) is 10.9. The van der Waals surface area contributed by atoms with E-state index in [-0.39, 0.29) is 5.78 Å². The maximum Gasteiger partial charge on any atom is 0.133 e. The van der Waals surface area contributed by atoms with Gasteiger partial charge in [0.05, 0.1) is 13.2 Å². The first-order valence-corrected chi connectivity index (χ1v) is 5.05. The van der Waals surface area contributed by atoms with Crippen molar-refractivity contribution in [3.63, 3.8) is 0 Å². The molecule has 0 aliphatic heterocycles. The van der Waals surface area contributed by atoms with E-state index in [1.54, 1.807) is 6.92 Å². The van der Waals surface area contributed by atoms with Crippen molar-refractivity contribution in [2.75, 3.05) is 6.61 Å². The number of hydrogen-bond acceptors (Lipinski definition) is 2. The highest BCUT2D eigenvalue weighted by Gasteiger charge is 1.89. The zero-order valence-corrected chi connectivity index (χ0v) is 8.98. The number of Topliss-reactive ketones (excluding diaryl/α,β-unsaturated/α-hetero) is 1. The number of ether oxygens (including phenoxy) is 1. The molecule has 1 aromatic rings. The van der Waals surface area contributed by atoms with Crippen LogP contribution < -0.4 is 0 Å². The van der Waals surface area contributed by atoms with Crippen molar-refractivity contribution in [1.29, 1.82) is 0 Å². The van der Waals surface area contributed by atoms with Crippen LogP contribution in [-0.2, 0) is 16.1 Å². The molecule has 1 rings (SSSR count). The first-order valence-electron chi connectivity index (χ1n) is 5.05. The number of carbonyl (C=O) groups is 1. The molecule has 0 aliphatic carbocycles. The highest BCUT2D eigenvalue weighted by Crippen LogP contribution is 2.00. The molecular formula is C13H16O2. The minimum absolute atomic E-state index is 0.175. The largest absolute Gasteiger partial charge is 0.373 e. The first kappa shape index (κ1) is 11.7. The maximum atomic E-state index is 10.6. The Hall–Kier alpha value is -1.41. The average Bonchev–Trinajstić information content (AvgIpc) is 2.24. The summed E-state index contributed by atoms with van der Waals surface area (Å²) in [6.07, 6.45) is 4.21. The highest BCUT2D eigenvalue weighted by molar-refractivity contribution is 5.76. The third kappa shape index (κ3) is 5.81. The van der Waals surface area contributed by atoms with Gasteiger partial charge in [0.15, 0.2) is 0 Å². The molecule has 0 saturated carbocycles. The standard InChI is InChI=1S/C13H16O2/c1-12(14)7-5-6-10-15-11-13-8-3-2-4-9-13/h2-6,8-9H,7,10-11H2,1H3. The normalized spacial score (nSPS) is 10.7. The Balaban J connectivity index is 2.12. The topological polar surface area (TPSA) is 26.3 Å². The summed E-state index contributed by atoms with van der Waals surface area (Å²) in [5, 5.41) is 0. The lowest BCUT2D eigenvalue weighted by atomic mass is 10.2. The van der Waals surface area contributed by atoms with Crippen molar-refractivity contribution in [3.8, 4) is 0 Å². The lowest BCUT2D eigenvalue weighted by molar-refractivity contribution is -0.116. The Morgan fingerprint density at radius 2 is 2.00 bits per heavy atom. The third-order valence-corrected chi connectivity index (χ3v) is 1.90. The summed E-state index contributed by atoms with van der Waals surface area (Å²) in [6.45, 7) is 2.75. The van der Waals surface area contributed by atoms with Crippen LogP contribution in [0.25, 0.3) is 0 Å². The van der Waals surface area contributed by atoms with Crippen LogP contribution in [0.5, 0.6) is 0 Å². The van der Waals surface area contributed by atoms with Crippen LogP contribution >= 0.6 is 0 Å². The maximum absolute atomic E-state index is 10.6. The average molecular weight is 204 g/mol. The fourth-order valence-corrected chi connectivity index (χ4v) is 1.14. The molecule has 2 heteroatoms. The van der Waals surface area contributed by atoms with E-state index in [2.05, 4.69) is 0 Å². The van der Waals surface area contributed by atoms with E-state index in [1.165, 1.54) is 0 Å². The molecule has 1 aromatic carbocycles. The van der Waals surface area contributed by atoms with Crippen molar-refractivity contribution >= 4 is 5.78 Å². The molecular weight excluding hydrogens is 188 g/mol.